The van der Waals surface area contributed by atoms with Crippen molar-refractivity contribution >= 4 is 40.9 Å². The molecule has 29 N–H and O–H groups in total. The number of hydrogen-bond donors (Lipinski definition) is 29. The highest BCUT2D eigenvalue weighted by atomic mass is 16.5. The number of benzene rings is 13. The number of anilines is 2. The molecule has 14 aromatic rings. The fraction of sp³-hybridized carbons (Fsp3) is 0.0833. The maximum atomic E-state index is 12.3. The van der Waals surface area contributed by atoms with Crippen LogP contribution in [0.4, 0.5) is 11.4 Å². The first-order valence-corrected chi connectivity index (χ1v) is 39.5. The van der Waals surface area contributed by atoms with Gasteiger partial charge in [0.1, 0.15) is 17.2 Å². The molecule has 0 aliphatic heterocycles. The van der Waals surface area contributed by atoms with Crippen LogP contribution in [-0.2, 0) is 53.0 Å². The second-order valence-corrected chi connectivity index (χ2v) is 28.5. The molecule has 1 aromatic heterocycles. The molecular formula is C96H88N6O32. The summed E-state index contributed by atoms with van der Waals surface area (Å²) in [6, 6.07) is 60.7. The number of pyridine rings is 1. The van der Waals surface area contributed by atoms with Gasteiger partial charge in [-0.3, -0.25) is 24.0 Å². The van der Waals surface area contributed by atoms with Crippen molar-refractivity contribution < 1.29 is 161 Å². The number of hydrogen-bond acceptors (Lipinski definition) is 33. The summed E-state index contributed by atoms with van der Waals surface area (Å²) in [6.45, 7) is 0.911. The summed E-state index contributed by atoms with van der Waals surface area (Å²) in [5.41, 5.74) is 4.97. The van der Waals surface area contributed by atoms with Gasteiger partial charge >= 0.3 is 0 Å². The van der Waals surface area contributed by atoms with E-state index in [4.69, 9.17) is 24.4 Å². The molecule has 0 unspecified atom stereocenters. The minimum absolute atomic E-state index is 0.00449. The number of phenolic OH excluding ortho intramolecular Hbond substituents is 24. The van der Waals surface area contributed by atoms with Crippen LogP contribution < -0.4 is 40.8 Å². The predicted molar refractivity (Wildman–Crippen MR) is 480 cm³/mol. The molecule has 0 saturated heterocycles. The summed E-state index contributed by atoms with van der Waals surface area (Å²) < 4.78 is 16.6. The number of carbonyl (C=O) groups excluding carboxylic acids is 5. The van der Waals surface area contributed by atoms with E-state index in [2.05, 4.69) is 31.6 Å². The van der Waals surface area contributed by atoms with E-state index in [1.54, 1.807) is 72.8 Å². The quantitative estimate of drug-likeness (QED) is 0.0197. The van der Waals surface area contributed by atoms with E-state index in [-0.39, 0.29) is 222 Å². The highest BCUT2D eigenvalue weighted by Gasteiger charge is 2.18. The van der Waals surface area contributed by atoms with Crippen molar-refractivity contribution in [3.63, 3.8) is 0 Å². The molecule has 0 fully saturated rings. The number of amides is 5. The monoisotopic (exact) mass is 1840 g/mol. The minimum atomic E-state index is -0.509. The second-order valence-electron chi connectivity index (χ2n) is 28.5. The van der Waals surface area contributed by atoms with Crippen LogP contribution in [0.15, 0.2) is 261 Å². The normalized spacial score (nSPS) is 10.3. The molecule has 0 bridgehead atoms. The van der Waals surface area contributed by atoms with Gasteiger partial charge in [-0.25, -0.2) is 0 Å². The number of rotatable bonds is 24. The number of nitrogens with one attached hydrogen (secondary N) is 5. The second kappa shape index (κ2) is 47.0. The average molecular weight is 1840 g/mol. The number of aromatic hydroxyl groups is 24. The summed E-state index contributed by atoms with van der Waals surface area (Å²) in [4.78, 5) is 63.6. The third-order valence-corrected chi connectivity index (χ3v) is 18.3. The SMILES string of the molecule is O=C(Cc1ccc(O)c(O)c1)NCCc1ccc(O)c(O)c1.O=C(Cc1ccc(O)c(O)c1)NCc1ccc(O)c(O)c1.O=C(Cc1ccc(O)c(O)c1)Nc1ccc(O)c(O)c1.O=C(NCCc1ccc(O)c(O)c1)c1ccc(O)c(O)c1.O=C(Nc1ccccc1Oc1ccc(O)c(O)c1)c1ccc(O)c(O)c1.Oc1ccc(Oc2cccc(Oc3ccc(O)c(O)c3)n2)cc1O. The van der Waals surface area contributed by atoms with Crippen molar-refractivity contribution in [3.05, 3.63) is 305 Å². The molecule has 1 heterocycles. The van der Waals surface area contributed by atoms with Crippen molar-refractivity contribution in [2.24, 2.45) is 0 Å². The summed E-state index contributed by atoms with van der Waals surface area (Å²) in [7, 11) is 0. The molecule has 0 saturated carbocycles. The topological polar surface area (TPSA) is 672 Å². The van der Waals surface area contributed by atoms with Crippen LogP contribution in [0.3, 0.4) is 0 Å². The molecule has 14 rings (SSSR count). The third kappa shape index (κ3) is 30.6. The zero-order valence-electron chi connectivity index (χ0n) is 69.9. The number of aromatic nitrogens is 1. The lowest BCUT2D eigenvalue weighted by atomic mass is 10.1. The maximum Gasteiger partial charge on any atom is 0.255 e. The Labute approximate surface area is 759 Å². The fourth-order valence-electron chi connectivity index (χ4n) is 11.4. The molecule has 694 valence electrons. The van der Waals surface area contributed by atoms with Gasteiger partial charge in [0.25, 0.3) is 11.8 Å². The van der Waals surface area contributed by atoms with E-state index in [1.807, 2.05) is 0 Å². The first-order valence-electron chi connectivity index (χ1n) is 39.5. The van der Waals surface area contributed by atoms with Crippen molar-refractivity contribution in [1.29, 1.82) is 0 Å². The highest BCUT2D eigenvalue weighted by Crippen LogP contribution is 2.39. The molecular weight excluding hydrogens is 1750 g/mol. The first kappa shape index (κ1) is 98.7. The van der Waals surface area contributed by atoms with Crippen LogP contribution in [0, 0.1) is 0 Å². The van der Waals surface area contributed by atoms with E-state index >= 15 is 0 Å². The Hall–Kier alpha value is -19.0. The van der Waals surface area contributed by atoms with Gasteiger partial charge in [-0.05, 0) is 216 Å². The van der Waals surface area contributed by atoms with Crippen molar-refractivity contribution in [3.8, 4) is 173 Å². The van der Waals surface area contributed by atoms with Crippen LogP contribution in [0.2, 0.25) is 0 Å². The van der Waals surface area contributed by atoms with E-state index in [9.17, 15) is 136 Å². The Morgan fingerprint density at radius 2 is 0.545 bits per heavy atom. The van der Waals surface area contributed by atoms with Crippen molar-refractivity contribution in [2.75, 3.05) is 23.7 Å². The molecule has 13 aromatic carbocycles. The van der Waals surface area contributed by atoms with Gasteiger partial charge in [0.15, 0.2) is 144 Å². The predicted octanol–water partition coefficient (Wildman–Crippen LogP) is 13.0. The van der Waals surface area contributed by atoms with Gasteiger partial charge in [0.2, 0.25) is 29.5 Å². The Balaban J connectivity index is 0.000000181. The van der Waals surface area contributed by atoms with Crippen molar-refractivity contribution in [1.82, 2.24) is 20.9 Å². The lowest BCUT2D eigenvalue weighted by Gasteiger charge is -2.13. The molecule has 38 heteroatoms. The van der Waals surface area contributed by atoms with Gasteiger partial charge in [0, 0.05) is 72.8 Å². The number of phenols is 24. The summed E-state index contributed by atoms with van der Waals surface area (Å²) in [5, 5.41) is 237. The van der Waals surface area contributed by atoms with Gasteiger partial charge in [-0.2, -0.15) is 4.98 Å². The molecule has 38 nitrogen and oxygen atoms in total. The highest BCUT2D eigenvalue weighted by molar-refractivity contribution is 6.05. The van der Waals surface area contributed by atoms with Gasteiger partial charge < -0.3 is 163 Å². The lowest BCUT2D eigenvalue weighted by molar-refractivity contribution is -0.121. The van der Waals surface area contributed by atoms with E-state index in [0.29, 0.717) is 65.3 Å². The molecule has 5 amide bonds. The standard InChI is InChI=1S/C19H15NO6.C17H13NO6.C16H17NO5.2C15H15NO5.C14H13NO5/c21-14-7-5-11(9-16(14)23)19(25)20-13-3-1-2-4-18(13)26-12-6-8-15(22)17(24)10-12;19-12-6-4-10(8-14(12)21)23-16-2-1-3-17(18-16)24-11-5-7-13(20)15(22)9-11;18-12-3-1-10(7-14(12)20)5-6-17-16(22)9-11-2-4-13(19)15(21)8-11;17-11-3-1-9(5-13(11)19)7-15(21)16-8-10-2-4-12(18)14(20)6-10;17-11-3-1-9(7-13(11)19)5-6-16-15(21)10-2-4-12(18)14(20)8-10;16-10-3-1-8(5-12(10)18)6-14(20)15-9-2-4-11(17)13(19)7-9/h1-10,21-24H,(H,20,25);1-9,19-22H;1-4,7-8,18-21H,5-6,9H2,(H,17,22);1-6,17-20H,7-8H2,(H,16,21);1-4,7-8,17-20H,5-6H2,(H,16,21);1-5,7,16-19H,6H2,(H,15,20). The molecule has 0 aliphatic carbocycles. The van der Waals surface area contributed by atoms with Crippen molar-refractivity contribution in [2.45, 2.75) is 38.6 Å². The van der Waals surface area contributed by atoms with Gasteiger partial charge in [-0.1, -0.05) is 54.6 Å². The Morgan fingerprint density at radius 3 is 0.940 bits per heavy atom. The Bertz CT molecular complexity index is 6390. The molecule has 0 aliphatic rings. The number of para-hydroxylation sites is 2. The summed E-state index contributed by atoms with van der Waals surface area (Å²) >= 11 is 0. The zero-order valence-corrected chi connectivity index (χ0v) is 69.9. The van der Waals surface area contributed by atoms with Crippen LogP contribution in [0.1, 0.15) is 54.1 Å². The fourth-order valence-corrected chi connectivity index (χ4v) is 11.4. The lowest BCUT2D eigenvalue weighted by Crippen LogP contribution is -2.27. The third-order valence-electron chi connectivity index (χ3n) is 18.3. The molecule has 0 atom stereocenters. The van der Waals surface area contributed by atoms with E-state index < -0.39 is 11.7 Å². The molecule has 0 spiro atoms. The number of carbonyl (C=O) groups is 5. The number of nitrogens with zero attached hydrogens (tertiary/aromatic N) is 1. The average Bonchev–Trinajstić information content (AvgIpc) is 0.834. The van der Waals surface area contributed by atoms with E-state index in [1.165, 1.54) is 182 Å². The Kier molecular flexibility index (Phi) is 34.6. The van der Waals surface area contributed by atoms with E-state index in [0.717, 1.165) is 17.2 Å². The minimum Gasteiger partial charge on any atom is -0.504 e. The zero-order chi connectivity index (χ0) is 97.4. The van der Waals surface area contributed by atoms with Crippen LogP contribution in [0.5, 0.6) is 173 Å². The summed E-state index contributed by atoms with van der Waals surface area (Å²) in [6.07, 6.45) is 1.13. The van der Waals surface area contributed by atoms with Crippen LogP contribution in [-0.4, -0.2) is 170 Å². The smallest absolute Gasteiger partial charge is 0.255 e. The number of ether oxygens (including phenoxy) is 3. The molecule has 134 heavy (non-hydrogen) atoms. The summed E-state index contributed by atoms with van der Waals surface area (Å²) in [5.74, 6) is -6.62. The largest absolute Gasteiger partial charge is 0.504 e. The maximum absolute atomic E-state index is 12.3. The molecule has 0 radical (unpaired) electrons. The van der Waals surface area contributed by atoms with Gasteiger partial charge in [-0.15, -0.1) is 0 Å². The first-order chi connectivity index (χ1) is 63.8. The Morgan fingerprint density at radius 1 is 0.239 bits per heavy atom. The van der Waals surface area contributed by atoms with Gasteiger partial charge in [0.05, 0.1) is 24.9 Å². The van der Waals surface area contributed by atoms with Crippen LogP contribution >= 0.6 is 0 Å². The van der Waals surface area contributed by atoms with Crippen LogP contribution in [0.25, 0.3) is 0 Å².